The lowest BCUT2D eigenvalue weighted by molar-refractivity contribution is 0.0690. The zero-order valence-electron chi connectivity index (χ0n) is 7.90. The Bertz CT molecular complexity index is 566. The van der Waals surface area contributed by atoms with Gasteiger partial charge in [-0.3, -0.25) is 0 Å². The normalized spacial score (nSPS) is 9.69. The van der Waals surface area contributed by atoms with Gasteiger partial charge in [-0.15, -0.1) is 5.10 Å². The number of carbonyl (C=O) groups is 1. The SMILES string of the molecule is N#Cc1ncn(-c2ccc(C(=O)O)nc2)n1. The van der Waals surface area contributed by atoms with Gasteiger partial charge in [0.15, 0.2) is 0 Å². The number of hydrogen-bond donors (Lipinski definition) is 1. The molecule has 0 aliphatic carbocycles. The Balaban J connectivity index is 2.35. The van der Waals surface area contributed by atoms with E-state index in [9.17, 15) is 4.79 Å². The minimum Gasteiger partial charge on any atom is -0.477 e. The lowest BCUT2D eigenvalue weighted by Gasteiger charge is -1.99. The van der Waals surface area contributed by atoms with E-state index in [1.165, 1.54) is 29.3 Å². The van der Waals surface area contributed by atoms with Crippen LogP contribution in [-0.2, 0) is 0 Å². The third-order valence-corrected chi connectivity index (χ3v) is 1.82. The predicted molar refractivity (Wildman–Crippen MR) is 50.8 cm³/mol. The van der Waals surface area contributed by atoms with Crippen LogP contribution < -0.4 is 0 Å². The van der Waals surface area contributed by atoms with E-state index < -0.39 is 5.97 Å². The van der Waals surface area contributed by atoms with Crippen LogP contribution in [-0.4, -0.2) is 30.8 Å². The van der Waals surface area contributed by atoms with Gasteiger partial charge in [0.2, 0.25) is 0 Å². The Hall–Kier alpha value is -2.75. The third kappa shape index (κ3) is 1.72. The standard InChI is InChI=1S/C9H5N5O2/c10-3-8-12-5-14(13-8)6-1-2-7(9(15)16)11-4-6/h1-2,4-5H,(H,15,16). The Morgan fingerprint density at radius 1 is 1.44 bits per heavy atom. The van der Waals surface area contributed by atoms with E-state index in [1.807, 2.05) is 0 Å². The molecule has 78 valence electrons. The molecule has 0 saturated carbocycles. The van der Waals surface area contributed by atoms with Gasteiger partial charge in [-0.1, -0.05) is 0 Å². The van der Waals surface area contributed by atoms with E-state index in [-0.39, 0.29) is 11.5 Å². The van der Waals surface area contributed by atoms with Crippen molar-refractivity contribution in [3.05, 3.63) is 36.2 Å². The molecule has 0 amide bonds. The fourth-order valence-electron chi connectivity index (χ4n) is 1.09. The highest BCUT2D eigenvalue weighted by Gasteiger charge is 2.05. The summed E-state index contributed by atoms with van der Waals surface area (Å²) in [6.45, 7) is 0. The molecule has 0 aliphatic rings. The molecule has 0 fully saturated rings. The van der Waals surface area contributed by atoms with E-state index >= 15 is 0 Å². The summed E-state index contributed by atoms with van der Waals surface area (Å²) < 4.78 is 1.34. The van der Waals surface area contributed by atoms with E-state index in [2.05, 4.69) is 15.1 Å². The van der Waals surface area contributed by atoms with Crippen molar-refractivity contribution >= 4 is 5.97 Å². The summed E-state index contributed by atoms with van der Waals surface area (Å²) >= 11 is 0. The van der Waals surface area contributed by atoms with Crippen LogP contribution in [0.2, 0.25) is 0 Å². The maximum atomic E-state index is 10.6. The Morgan fingerprint density at radius 3 is 2.75 bits per heavy atom. The lowest BCUT2D eigenvalue weighted by atomic mass is 10.3. The van der Waals surface area contributed by atoms with Crippen molar-refractivity contribution in [2.45, 2.75) is 0 Å². The molecule has 0 saturated heterocycles. The number of rotatable bonds is 2. The Morgan fingerprint density at radius 2 is 2.25 bits per heavy atom. The highest BCUT2D eigenvalue weighted by molar-refractivity contribution is 5.85. The molecule has 7 heteroatoms. The number of nitrogens with zero attached hydrogens (tertiary/aromatic N) is 5. The van der Waals surface area contributed by atoms with Crippen molar-refractivity contribution in [2.75, 3.05) is 0 Å². The van der Waals surface area contributed by atoms with Crippen LogP contribution in [0.25, 0.3) is 5.69 Å². The van der Waals surface area contributed by atoms with Crippen molar-refractivity contribution in [1.29, 1.82) is 5.26 Å². The summed E-state index contributed by atoms with van der Waals surface area (Å²) in [7, 11) is 0. The van der Waals surface area contributed by atoms with Crippen LogP contribution in [0.1, 0.15) is 16.3 Å². The quantitative estimate of drug-likeness (QED) is 0.768. The minimum atomic E-state index is -1.09. The second-order valence-corrected chi connectivity index (χ2v) is 2.83. The van der Waals surface area contributed by atoms with E-state index in [0.29, 0.717) is 5.69 Å². The van der Waals surface area contributed by atoms with E-state index in [1.54, 1.807) is 6.07 Å². The van der Waals surface area contributed by atoms with Gasteiger partial charge in [0.1, 0.15) is 18.1 Å². The molecule has 7 nitrogen and oxygen atoms in total. The van der Waals surface area contributed by atoms with Gasteiger partial charge in [-0.05, 0) is 12.1 Å². The van der Waals surface area contributed by atoms with Gasteiger partial charge in [-0.25, -0.2) is 19.4 Å². The lowest BCUT2D eigenvalue weighted by Crippen LogP contribution is -2.02. The molecule has 1 N–H and O–H groups in total. The van der Waals surface area contributed by atoms with Crippen LogP contribution in [0, 0.1) is 11.3 Å². The second-order valence-electron chi connectivity index (χ2n) is 2.83. The van der Waals surface area contributed by atoms with Gasteiger partial charge in [0.25, 0.3) is 5.82 Å². The number of carboxylic acid groups (broad SMARTS) is 1. The van der Waals surface area contributed by atoms with Crippen LogP contribution >= 0.6 is 0 Å². The summed E-state index contributed by atoms with van der Waals surface area (Å²) in [5.41, 5.74) is 0.489. The molecular formula is C9H5N5O2. The van der Waals surface area contributed by atoms with Crippen LogP contribution in [0.4, 0.5) is 0 Å². The molecule has 0 bridgehead atoms. The highest BCUT2D eigenvalue weighted by atomic mass is 16.4. The molecule has 2 aromatic rings. The van der Waals surface area contributed by atoms with Gasteiger partial charge >= 0.3 is 5.97 Å². The number of nitriles is 1. The first-order chi connectivity index (χ1) is 7.70. The monoisotopic (exact) mass is 215 g/mol. The Kier molecular flexibility index (Phi) is 2.31. The van der Waals surface area contributed by atoms with Crippen LogP contribution in [0.3, 0.4) is 0 Å². The first kappa shape index (κ1) is 9.79. The molecule has 0 spiro atoms. The first-order valence-electron chi connectivity index (χ1n) is 4.22. The Labute approximate surface area is 89.6 Å². The molecule has 16 heavy (non-hydrogen) atoms. The molecular weight excluding hydrogens is 210 g/mol. The summed E-state index contributed by atoms with van der Waals surface area (Å²) in [6, 6.07) is 4.68. The van der Waals surface area contributed by atoms with Crippen LogP contribution in [0.5, 0.6) is 0 Å². The van der Waals surface area contributed by atoms with Crippen molar-refractivity contribution in [2.24, 2.45) is 0 Å². The molecule has 2 aromatic heterocycles. The summed E-state index contributed by atoms with van der Waals surface area (Å²) in [4.78, 5) is 18.0. The summed E-state index contributed by atoms with van der Waals surface area (Å²) in [5, 5.41) is 21.0. The molecule has 2 rings (SSSR count). The fraction of sp³-hybridized carbons (Fsp3) is 0. The first-order valence-corrected chi connectivity index (χ1v) is 4.22. The van der Waals surface area contributed by atoms with Crippen molar-refractivity contribution < 1.29 is 9.90 Å². The minimum absolute atomic E-state index is 0.0438. The molecule has 0 aliphatic heterocycles. The molecule has 2 heterocycles. The molecule has 0 unspecified atom stereocenters. The largest absolute Gasteiger partial charge is 0.477 e. The maximum Gasteiger partial charge on any atom is 0.354 e. The van der Waals surface area contributed by atoms with Gasteiger partial charge < -0.3 is 5.11 Å². The number of carboxylic acids is 1. The molecule has 0 radical (unpaired) electrons. The molecule has 0 aromatic carbocycles. The summed E-state index contributed by atoms with van der Waals surface area (Å²) in [5.74, 6) is -1.05. The van der Waals surface area contributed by atoms with Crippen molar-refractivity contribution in [3.63, 3.8) is 0 Å². The highest BCUT2D eigenvalue weighted by Crippen LogP contribution is 2.05. The average Bonchev–Trinajstić information content (AvgIpc) is 2.77. The van der Waals surface area contributed by atoms with Gasteiger partial charge in [0, 0.05) is 0 Å². The number of aromatic carboxylic acids is 1. The zero-order chi connectivity index (χ0) is 11.5. The molecule has 0 atom stereocenters. The zero-order valence-corrected chi connectivity index (χ0v) is 7.90. The number of hydrogen-bond acceptors (Lipinski definition) is 5. The number of pyridine rings is 1. The number of aromatic nitrogens is 4. The van der Waals surface area contributed by atoms with Gasteiger partial charge in [0.05, 0.1) is 11.9 Å². The van der Waals surface area contributed by atoms with Crippen molar-refractivity contribution in [3.8, 4) is 11.8 Å². The topological polar surface area (TPSA) is 105 Å². The van der Waals surface area contributed by atoms with Crippen molar-refractivity contribution in [1.82, 2.24) is 19.7 Å². The smallest absolute Gasteiger partial charge is 0.354 e. The van der Waals surface area contributed by atoms with Gasteiger partial charge in [-0.2, -0.15) is 5.26 Å². The van der Waals surface area contributed by atoms with Crippen LogP contribution in [0.15, 0.2) is 24.7 Å². The van der Waals surface area contributed by atoms with E-state index in [0.717, 1.165) is 0 Å². The fourth-order valence-corrected chi connectivity index (χ4v) is 1.09. The third-order valence-electron chi connectivity index (χ3n) is 1.82. The van der Waals surface area contributed by atoms with E-state index in [4.69, 9.17) is 10.4 Å². The second kappa shape index (κ2) is 3.78. The average molecular weight is 215 g/mol. The summed E-state index contributed by atoms with van der Waals surface area (Å²) in [6.07, 6.45) is 2.70. The maximum absolute atomic E-state index is 10.6. The predicted octanol–water partition coefficient (Wildman–Crippen LogP) is 0.232.